The number of aromatic nitrogens is 2. The van der Waals surface area contributed by atoms with Crippen molar-refractivity contribution in [2.75, 3.05) is 6.61 Å². The predicted molar refractivity (Wildman–Crippen MR) is 84.1 cm³/mol. The summed E-state index contributed by atoms with van der Waals surface area (Å²) >= 11 is 0. The predicted octanol–water partition coefficient (Wildman–Crippen LogP) is 2.89. The number of benzene rings is 1. The van der Waals surface area contributed by atoms with E-state index in [4.69, 9.17) is 4.74 Å². The largest absolute Gasteiger partial charge is 0.476 e. The number of amides is 1. The van der Waals surface area contributed by atoms with E-state index in [1.165, 1.54) is 5.56 Å². The quantitative estimate of drug-likeness (QED) is 0.944. The highest BCUT2D eigenvalue weighted by atomic mass is 16.5. The van der Waals surface area contributed by atoms with Gasteiger partial charge in [-0.1, -0.05) is 38.1 Å². The summed E-state index contributed by atoms with van der Waals surface area (Å²) in [7, 11) is 0. The van der Waals surface area contributed by atoms with Gasteiger partial charge in [0, 0.05) is 6.07 Å². The fourth-order valence-electron chi connectivity index (χ4n) is 2.55. The molecule has 1 aromatic carbocycles. The van der Waals surface area contributed by atoms with Crippen molar-refractivity contribution in [1.82, 2.24) is 15.1 Å². The van der Waals surface area contributed by atoms with Crippen LogP contribution in [0.4, 0.5) is 0 Å². The molecule has 5 nitrogen and oxygen atoms in total. The molecule has 1 aliphatic heterocycles. The summed E-state index contributed by atoms with van der Waals surface area (Å²) in [5.74, 6) is 0.997. The molecular weight excluding hydrogens is 278 g/mol. The molecule has 116 valence electrons. The lowest BCUT2D eigenvalue weighted by molar-refractivity contribution is 0.0933. The molecule has 1 aromatic heterocycles. The molecule has 1 unspecified atom stereocenters. The molecule has 0 saturated heterocycles. The van der Waals surface area contributed by atoms with Crippen LogP contribution in [0.3, 0.4) is 0 Å². The number of ether oxygens (including phenoxy) is 1. The van der Waals surface area contributed by atoms with Crippen molar-refractivity contribution in [2.24, 2.45) is 0 Å². The second kappa shape index (κ2) is 5.83. The summed E-state index contributed by atoms with van der Waals surface area (Å²) < 4.78 is 7.09. The zero-order valence-corrected chi connectivity index (χ0v) is 13.2. The highest BCUT2D eigenvalue weighted by Gasteiger charge is 2.20. The van der Waals surface area contributed by atoms with E-state index in [1.807, 2.05) is 6.92 Å². The smallest absolute Gasteiger partial charge is 0.272 e. The first-order valence-corrected chi connectivity index (χ1v) is 7.66. The fourth-order valence-corrected chi connectivity index (χ4v) is 2.55. The lowest BCUT2D eigenvalue weighted by Crippen LogP contribution is -2.27. The van der Waals surface area contributed by atoms with Gasteiger partial charge in [0.15, 0.2) is 5.69 Å². The van der Waals surface area contributed by atoms with Crippen molar-refractivity contribution < 1.29 is 9.53 Å². The number of nitrogens with one attached hydrogen (secondary N) is 1. The van der Waals surface area contributed by atoms with E-state index in [1.54, 1.807) is 10.7 Å². The van der Waals surface area contributed by atoms with E-state index in [2.05, 4.69) is 48.5 Å². The van der Waals surface area contributed by atoms with Gasteiger partial charge in [0.1, 0.15) is 6.61 Å². The Morgan fingerprint density at radius 2 is 1.91 bits per heavy atom. The van der Waals surface area contributed by atoms with Crippen molar-refractivity contribution in [1.29, 1.82) is 0 Å². The van der Waals surface area contributed by atoms with Crippen LogP contribution in [0.5, 0.6) is 5.88 Å². The van der Waals surface area contributed by atoms with E-state index in [-0.39, 0.29) is 11.9 Å². The van der Waals surface area contributed by atoms with Crippen LogP contribution in [0.2, 0.25) is 0 Å². The van der Waals surface area contributed by atoms with Crippen molar-refractivity contribution in [2.45, 2.75) is 39.3 Å². The van der Waals surface area contributed by atoms with Crippen molar-refractivity contribution in [3.05, 3.63) is 47.2 Å². The Kier molecular flexibility index (Phi) is 3.88. The molecule has 0 radical (unpaired) electrons. The molecule has 22 heavy (non-hydrogen) atoms. The maximum absolute atomic E-state index is 12.3. The maximum atomic E-state index is 12.3. The van der Waals surface area contributed by atoms with Crippen LogP contribution in [-0.2, 0) is 6.54 Å². The van der Waals surface area contributed by atoms with Gasteiger partial charge in [0.2, 0.25) is 5.88 Å². The highest BCUT2D eigenvalue weighted by molar-refractivity contribution is 5.92. The Morgan fingerprint density at radius 3 is 2.55 bits per heavy atom. The number of carbonyl (C=O) groups excluding carboxylic acids is 1. The molecule has 1 aliphatic rings. The molecule has 0 spiro atoms. The highest BCUT2D eigenvalue weighted by Crippen LogP contribution is 2.21. The Morgan fingerprint density at radius 1 is 1.23 bits per heavy atom. The number of hydrogen-bond donors (Lipinski definition) is 1. The Balaban J connectivity index is 1.67. The summed E-state index contributed by atoms with van der Waals surface area (Å²) in [6.45, 7) is 7.64. The minimum absolute atomic E-state index is 0.0637. The average Bonchev–Trinajstić information content (AvgIpc) is 3.08. The van der Waals surface area contributed by atoms with Gasteiger partial charge < -0.3 is 10.1 Å². The van der Waals surface area contributed by atoms with Crippen LogP contribution in [0, 0.1) is 0 Å². The van der Waals surface area contributed by atoms with E-state index < -0.39 is 0 Å². The van der Waals surface area contributed by atoms with Gasteiger partial charge in [-0.3, -0.25) is 4.79 Å². The molecule has 1 atom stereocenters. The summed E-state index contributed by atoms with van der Waals surface area (Å²) in [6, 6.07) is 9.99. The van der Waals surface area contributed by atoms with Crippen LogP contribution >= 0.6 is 0 Å². The standard InChI is InChI=1S/C17H21N3O2/c1-11(2)13-4-6-14(7-5-13)12(3)18-17(21)15-10-16-20(19-15)8-9-22-16/h4-7,10-12H,8-9H2,1-3H3,(H,18,21). The number of nitrogens with zero attached hydrogens (tertiary/aromatic N) is 2. The zero-order valence-electron chi connectivity index (χ0n) is 13.2. The topological polar surface area (TPSA) is 56.2 Å². The van der Waals surface area contributed by atoms with Crippen LogP contribution in [0.15, 0.2) is 30.3 Å². The fraction of sp³-hybridized carbons (Fsp3) is 0.412. The van der Waals surface area contributed by atoms with Crippen molar-refractivity contribution >= 4 is 5.91 Å². The molecular formula is C17H21N3O2. The summed E-state index contributed by atoms with van der Waals surface area (Å²) in [4.78, 5) is 12.3. The monoisotopic (exact) mass is 299 g/mol. The van der Waals surface area contributed by atoms with E-state index in [0.29, 0.717) is 30.6 Å². The molecule has 0 aliphatic carbocycles. The molecule has 0 fully saturated rings. The zero-order chi connectivity index (χ0) is 15.7. The average molecular weight is 299 g/mol. The molecule has 5 heteroatoms. The lowest BCUT2D eigenvalue weighted by Gasteiger charge is -2.14. The Bertz CT molecular complexity index is 652. The van der Waals surface area contributed by atoms with Crippen LogP contribution in [-0.4, -0.2) is 22.3 Å². The minimum atomic E-state index is -0.175. The minimum Gasteiger partial charge on any atom is -0.476 e. The first-order chi connectivity index (χ1) is 10.5. The van der Waals surface area contributed by atoms with Gasteiger partial charge in [-0.05, 0) is 24.0 Å². The second-order valence-electron chi connectivity index (χ2n) is 5.96. The Hall–Kier alpha value is -2.30. The van der Waals surface area contributed by atoms with E-state index >= 15 is 0 Å². The van der Waals surface area contributed by atoms with Crippen molar-refractivity contribution in [3.63, 3.8) is 0 Å². The summed E-state index contributed by atoms with van der Waals surface area (Å²) in [5, 5.41) is 7.23. The number of hydrogen-bond acceptors (Lipinski definition) is 3. The first-order valence-electron chi connectivity index (χ1n) is 7.66. The van der Waals surface area contributed by atoms with Crippen molar-refractivity contribution in [3.8, 4) is 5.88 Å². The normalized spacial score (nSPS) is 14.5. The Labute approximate surface area is 130 Å². The molecule has 0 saturated carbocycles. The van der Waals surface area contributed by atoms with Gasteiger partial charge in [0.25, 0.3) is 5.91 Å². The third kappa shape index (κ3) is 2.84. The number of carbonyl (C=O) groups is 1. The molecule has 0 bridgehead atoms. The third-order valence-electron chi connectivity index (χ3n) is 3.98. The van der Waals surface area contributed by atoms with Gasteiger partial charge in [-0.15, -0.1) is 0 Å². The molecule has 1 amide bonds. The number of rotatable bonds is 4. The molecule has 2 aromatic rings. The van der Waals surface area contributed by atoms with Gasteiger partial charge >= 0.3 is 0 Å². The lowest BCUT2D eigenvalue weighted by atomic mass is 9.99. The third-order valence-corrected chi connectivity index (χ3v) is 3.98. The summed E-state index contributed by atoms with van der Waals surface area (Å²) in [6.07, 6.45) is 0. The van der Waals surface area contributed by atoms with Gasteiger partial charge in [-0.25, -0.2) is 4.68 Å². The van der Waals surface area contributed by atoms with E-state index in [0.717, 1.165) is 5.56 Å². The van der Waals surface area contributed by atoms with E-state index in [9.17, 15) is 4.79 Å². The summed E-state index contributed by atoms with van der Waals surface area (Å²) in [5.41, 5.74) is 2.78. The van der Waals surface area contributed by atoms with Crippen LogP contribution in [0.1, 0.15) is 54.3 Å². The molecule has 3 rings (SSSR count). The molecule has 2 heterocycles. The molecule has 1 N–H and O–H groups in total. The second-order valence-corrected chi connectivity index (χ2v) is 5.96. The number of fused-ring (bicyclic) bond motifs is 1. The SMILES string of the molecule is CC(C)c1ccc(C(C)NC(=O)c2cc3n(n2)CCO3)cc1. The first kappa shape index (κ1) is 14.6. The van der Waals surface area contributed by atoms with Gasteiger partial charge in [-0.2, -0.15) is 5.10 Å². The van der Waals surface area contributed by atoms with Crippen LogP contribution in [0.25, 0.3) is 0 Å². The van der Waals surface area contributed by atoms with Gasteiger partial charge in [0.05, 0.1) is 12.6 Å². The van der Waals surface area contributed by atoms with Crippen LogP contribution < -0.4 is 10.1 Å². The maximum Gasteiger partial charge on any atom is 0.272 e.